The fourth-order valence-corrected chi connectivity index (χ4v) is 3.20. The average molecular weight is 332 g/mol. The van der Waals surface area contributed by atoms with Crippen molar-refractivity contribution in [3.63, 3.8) is 0 Å². The van der Waals surface area contributed by atoms with Gasteiger partial charge in [0.2, 0.25) is 0 Å². The van der Waals surface area contributed by atoms with Crippen molar-refractivity contribution >= 4 is 21.7 Å². The number of aryl methyl sites for hydroxylation is 1. The van der Waals surface area contributed by atoms with Crippen molar-refractivity contribution in [1.29, 1.82) is 0 Å². The van der Waals surface area contributed by atoms with Crippen LogP contribution in [0, 0.1) is 0 Å². The van der Waals surface area contributed by atoms with Gasteiger partial charge < -0.3 is 5.32 Å². The summed E-state index contributed by atoms with van der Waals surface area (Å²) in [5, 5.41) is 3.25. The standard InChI is InChI=1S/C16H18BrN3/c1-18-15-12-8-3-2-4-10-14(12)19-16(20-15)11-7-5-6-9-13(11)17/h5-7,9H,2-4,8,10H2,1H3,(H,18,19,20). The van der Waals surface area contributed by atoms with Crippen LogP contribution in [0.5, 0.6) is 0 Å². The Morgan fingerprint density at radius 3 is 2.65 bits per heavy atom. The molecule has 1 heterocycles. The Morgan fingerprint density at radius 1 is 1.05 bits per heavy atom. The minimum atomic E-state index is 0.808. The number of rotatable bonds is 2. The van der Waals surface area contributed by atoms with Gasteiger partial charge in [-0.2, -0.15) is 0 Å². The third-order valence-electron chi connectivity index (χ3n) is 3.78. The largest absolute Gasteiger partial charge is 0.373 e. The topological polar surface area (TPSA) is 37.8 Å². The number of benzene rings is 1. The Labute approximate surface area is 128 Å². The second-order valence-corrected chi connectivity index (χ2v) is 5.97. The lowest BCUT2D eigenvalue weighted by Gasteiger charge is -2.13. The maximum atomic E-state index is 4.83. The van der Waals surface area contributed by atoms with Crippen LogP contribution >= 0.6 is 15.9 Å². The van der Waals surface area contributed by atoms with Crippen LogP contribution in [-0.4, -0.2) is 17.0 Å². The summed E-state index contributed by atoms with van der Waals surface area (Å²) in [4.78, 5) is 9.56. The van der Waals surface area contributed by atoms with Gasteiger partial charge in [-0.1, -0.05) is 40.5 Å². The van der Waals surface area contributed by atoms with E-state index in [1.165, 1.54) is 30.5 Å². The van der Waals surface area contributed by atoms with Crippen molar-refractivity contribution in [3.05, 3.63) is 40.0 Å². The first-order chi connectivity index (χ1) is 9.79. The minimum Gasteiger partial charge on any atom is -0.373 e. The zero-order chi connectivity index (χ0) is 13.9. The highest BCUT2D eigenvalue weighted by Gasteiger charge is 2.17. The maximum absolute atomic E-state index is 4.83. The molecule has 3 nitrogen and oxygen atoms in total. The summed E-state index contributed by atoms with van der Waals surface area (Å²) in [5.41, 5.74) is 3.57. The first-order valence-electron chi connectivity index (χ1n) is 7.12. The van der Waals surface area contributed by atoms with E-state index in [1.807, 2.05) is 25.2 Å². The Bertz CT molecular complexity index is 625. The molecule has 2 aromatic rings. The molecule has 0 amide bonds. The molecule has 104 valence electrons. The number of fused-ring (bicyclic) bond motifs is 1. The van der Waals surface area contributed by atoms with Crippen LogP contribution in [0.15, 0.2) is 28.7 Å². The minimum absolute atomic E-state index is 0.808. The van der Waals surface area contributed by atoms with Crippen LogP contribution in [0.4, 0.5) is 5.82 Å². The SMILES string of the molecule is CNc1nc(-c2ccccc2Br)nc2c1CCCCC2. The molecule has 0 saturated carbocycles. The van der Waals surface area contributed by atoms with Crippen LogP contribution < -0.4 is 5.32 Å². The first-order valence-corrected chi connectivity index (χ1v) is 7.91. The zero-order valence-corrected chi connectivity index (χ0v) is 13.2. The van der Waals surface area contributed by atoms with Crippen molar-refractivity contribution in [2.24, 2.45) is 0 Å². The molecule has 0 radical (unpaired) electrons. The fourth-order valence-electron chi connectivity index (χ4n) is 2.74. The van der Waals surface area contributed by atoms with E-state index in [0.717, 1.165) is 34.5 Å². The average Bonchev–Trinajstić information content (AvgIpc) is 2.72. The summed E-state index contributed by atoms with van der Waals surface area (Å²) in [6, 6.07) is 8.12. The lowest BCUT2D eigenvalue weighted by atomic mass is 10.1. The van der Waals surface area contributed by atoms with Gasteiger partial charge >= 0.3 is 0 Å². The monoisotopic (exact) mass is 331 g/mol. The Kier molecular flexibility index (Phi) is 4.01. The van der Waals surface area contributed by atoms with Gasteiger partial charge in [0.1, 0.15) is 5.82 Å². The van der Waals surface area contributed by atoms with E-state index in [1.54, 1.807) is 0 Å². The highest BCUT2D eigenvalue weighted by atomic mass is 79.9. The van der Waals surface area contributed by atoms with Crippen molar-refractivity contribution < 1.29 is 0 Å². The van der Waals surface area contributed by atoms with E-state index in [2.05, 4.69) is 27.3 Å². The van der Waals surface area contributed by atoms with E-state index < -0.39 is 0 Å². The molecule has 1 aromatic carbocycles. The first kappa shape index (κ1) is 13.6. The Balaban J connectivity index is 2.14. The summed E-state index contributed by atoms with van der Waals surface area (Å²) in [5.74, 6) is 1.80. The molecule has 20 heavy (non-hydrogen) atoms. The lowest BCUT2D eigenvalue weighted by molar-refractivity contribution is 0.709. The number of nitrogens with one attached hydrogen (secondary N) is 1. The van der Waals surface area contributed by atoms with Gasteiger partial charge in [-0.25, -0.2) is 9.97 Å². The summed E-state index contributed by atoms with van der Waals surface area (Å²) in [6.45, 7) is 0. The normalized spacial score (nSPS) is 14.5. The van der Waals surface area contributed by atoms with Crippen LogP contribution in [0.25, 0.3) is 11.4 Å². The number of hydrogen-bond donors (Lipinski definition) is 1. The molecule has 1 aliphatic rings. The quantitative estimate of drug-likeness (QED) is 0.837. The van der Waals surface area contributed by atoms with Crippen molar-refractivity contribution in [1.82, 2.24) is 9.97 Å². The van der Waals surface area contributed by atoms with Gasteiger partial charge in [0.15, 0.2) is 5.82 Å². The molecule has 0 aliphatic heterocycles. The molecule has 0 atom stereocenters. The number of aromatic nitrogens is 2. The highest BCUT2D eigenvalue weighted by Crippen LogP contribution is 2.30. The third-order valence-corrected chi connectivity index (χ3v) is 4.48. The van der Waals surface area contributed by atoms with Gasteiger partial charge in [-0.15, -0.1) is 0 Å². The smallest absolute Gasteiger partial charge is 0.162 e. The summed E-state index contributed by atoms with van der Waals surface area (Å²) in [7, 11) is 1.94. The summed E-state index contributed by atoms with van der Waals surface area (Å²) in [6.07, 6.45) is 5.89. The molecule has 1 N–H and O–H groups in total. The van der Waals surface area contributed by atoms with Gasteiger partial charge in [0, 0.05) is 28.3 Å². The molecule has 4 heteroatoms. The van der Waals surface area contributed by atoms with E-state index in [0.29, 0.717) is 0 Å². The second-order valence-electron chi connectivity index (χ2n) is 5.11. The number of nitrogens with zero attached hydrogens (tertiary/aromatic N) is 2. The zero-order valence-electron chi connectivity index (χ0n) is 11.6. The molecule has 1 aliphatic carbocycles. The summed E-state index contributed by atoms with van der Waals surface area (Å²) >= 11 is 3.59. The third kappa shape index (κ3) is 2.57. The van der Waals surface area contributed by atoms with Crippen LogP contribution in [0.2, 0.25) is 0 Å². The predicted octanol–water partition coefficient (Wildman–Crippen LogP) is 4.22. The molecule has 3 rings (SSSR count). The molecule has 0 bridgehead atoms. The molecular formula is C16H18BrN3. The van der Waals surface area contributed by atoms with E-state index in [-0.39, 0.29) is 0 Å². The van der Waals surface area contributed by atoms with Crippen molar-refractivity contribution in [3.8, 4) is 11.4 Å². The Morgan fingerprint density at radius 2 is 1.85 bits per heavy atom. The van der Waals surface area contributed by atoms with Crippen LogP contribution in [0.3, 0.4) is 0 Å². The van der Waals surface area contributed by atoms with Gasteiger partial charge in [-0.05, 0) is 31.7 Å². The summed E-state index contributed by atoms with van der Waals surface area (Å²) < 4.78 is 1.04. The molecule has 1 aromatic heterocycles. The number of hydrogen-bond acceptors (Lipinski definition) is 3. The van der Waals surface area contributed by atoms with Crippen molar-refractivity contribution in [2.75, 3.05) is 12.4 Å². The highest BCUT2D eigenvalue weighted by molar-refractivity contribution is 9.10. The molecule has 0 spiro atoms. The van der Waals surface area contributed by atoms with E-state index in [9.17, 15) is 0 Å². The second kappa shape index (κ2) is 5.92. The Hall–Kier alpha value is -1.42. The van der Waals surface area contributed by atoms with Crippen LogP contribution in [0.1, 0.15) is 30.5 Å². The fraction of sp³-hybridized carbons (Fsp3) is 0.375. The number of anilines is 1. The van der Waals surface area contributed by atoms with Crippen LogP contribution in [-0.2, 0) is 12.8 Å². The number of halogens is 1. The maximum Gasteiger partial charge on any atom is 0.162 e. The van der Waals surface area contributed by atoms with Gasteiger partial charge in [0.25, 0.3) is 0 Å². The molecular weight excluding hydrogens is 314 g/mol. The molecule has 0 fully saturated rings. The molecule has 0 saturated heterocycles. The van der Waals surface area contributed by atoms with Gasteiger partial charge in [0.05, 0.1) is 0 Å². The van der Waals surface area contributed by atoms with E-state index >= 15 is 0 Å². The van der Waals surface area contributed by atoms with Crippen molar-refractivity contribution in [2.45, 2.75) is 32.1 Å². The van der Waals surface area contributed by atoms with E-state index in [4.69, 9.17) is 9.97 Å². The predicted molar refractivity (Wildman–Crippen MR) is 86.0 cm³/mol. The van der Waals surface area contributed by atoms with Gasteiger partial charge in [-0.3, -0.25) is 0 Å². The lowest BCUT2D eigenvalue weighted by Crippen LogP contribution is -2.07. The molecule has 0 unspecified atom stereocenters.